The molecule has 0 aromatic heterocycles. The van der Waals surface area contributed by atoms with E-state index in [9.17, 15) is 19.8 Å². The molecule has 4 rings (SSSR count). The lowest BCUT2D eigenvalue weighted by Crippen LogP contribution is -2.67. The fraction of sp³-hybridized carbons (Fsp3) is 0.727. The van der Waals surface area contributed by atoms with Gasteiger partial charge >= 0.3 is 0 Å². The standard InChI is InChI=1S/C22H29FO4/c1-12-8-16-15-5-4-13-9-14(25)6-7-21(13,3)22(15,23)18(27)10-20(16,2)19(12)17(26)11-24/h9,15-16,18,24,27H,4-8,10-11H2,1-3H3/t15-,16-,18?,20-,21-,22-/m0/s1. The smallest absolute Gasteiger partial charge is 0.184 e. The first-order chi connectivity index (χ1) is 12.6. The second kappa shape index (κ2) is 5.84. The van der Waals surface area contributed by atoms with Crippen LogP contribution in [0.3, 0.4) is 0 Å². The number of fused-ring (bicyclic) bond motifs is 5. The van der Waals surface area contributed by atoms with Gasteiger partial charge < -0.3 is 10.2 Å². The summed E-state index contributed by atoms with van der Waals surface area (Å²) < 4.78 is 16.8. The van der Waals surface area contributed by atoms with Crippen LogP contribution in [0.1, 0.15) is 59.3 Å². The van der Waals surface area contributed by atoms with Gasteiger partial charge in [-0.25, -0.2) is 4.39 Å². The molecule has 0 spiro atoms. The second-order valence-electron chi connectivity index (χ2n) is 9.57. The minimum atomic E-state index is -1.79. The summed E-state index contributed by atoms with van der Waals surface area (Å²) in [5.41, 5.74) is -0.868. The van der Waals surface area contributed by atoms with Gasteiger partial charge in [-0.15, -0.1) is 0 Å². The Balaban J connectivity index is 1.80. The number of aliphatic hydroxyl groups is 2. The van der Waals surface area contributed by atoms with Crippen molar-refractivity contribution in [3.63, 3.8) is 0 Å². The molecule has 6 atom stereocenters. The molecule has 2 fully saturated rings. The van der Waals surface area contributed by atoms with Crippen LogP contribution in [0.15, 0.2) is 22.8 Å². The van der Waals surface area contributed by atoms with Gasteiger partial charge in [-0.05, 0) is 51.0 Å². The Hall–Kier alpha value is -1.33. The Labute approximate surface area is 159 Å². The third kappa shape index (κ3) is 2.21. The minimum absolute atomic E-state index is 0.0499. The van der Waals surface area contributed by atoms with Crippen LogP contribution >= 0.6 is 0 Å². The van der Waals surface area contributed by atoms with Crippen molar-refractivity contribution in [2.24, 2.45) is 22.7 Å². The molecule has 0 bridgehead atoms. The van der Waals surface area contributed by atoms with E-state index in [1.165, 1.54) is 0 Å². The van der Waals surface area contributed by atoms with E-state index >= 15 is 4.39 Å². The van der Waals surface area contributed by atoms with Gasteiger partial charge in [0.25, 0.3) is 0 Å². The molecule has 4 aliphatic carbocycles. The molecule has 0 amide bonds. The number of aliphatic hydroxyl groups excluding tert-OH is 2. The van der Waals surface area contributed by atoms with E-state index in [4.69, 9.17) is 0 Å². The molecule has 0 radical (unpaired) electrons. The van der Waals surface area contributed by atoms with E-state index < -0.39 is 29.2 Å². The third-order valence-electron chi connectivity index (χ3n) is 8.38. The van der Waals surface area contributed by atoms with Gasteiger partial charge in [0.1, 0.15) is 12.3 Å². The molecule has 5 heteroatoms. The van der Waals surface area contributed by atoms with E-state index in [0.717, 1.165) is 11.1 Å². The topological polar surface area (TPSA) is 74.6 Å². The Morgan fingerprint density at radius 3 is 2.67 bits per heavy atom. The fourth-order valence-corrected chi connectivity index (χ4v) is 7.14. The van der Waals surface area contributed by atoms with Gasteiger partial charge in [0.05, 0.1) is 6.10 Å². The number of hydrogen-bond acceptors (Lipinski definition) is 4. The van der Waals surface area contributed by atoms with Crippen LogP contribution in [0.5, 0.6) is 0 Å². The average Bonchev–Trinajstić information content (AvgIpc) is 2.86. The first-order valence-electron chi connectivity index (χ1n) is 10.0. The van der Waals surface area contributed by atoms with Gasteiger partial charge in [0, 0.05) is 28.7 Å². The molecule has 2 N–H and O–H groups in total. The molecule has 0 heterocycles. The molecule has 1 unspecified atom stereocenters. The summed E-state index contributed by atoms with van der Waals surface area (Å²) >= 11 is 0. The highest BCUT2D eigenvalue weighted by Gasteiger charge is 2.70. The van der Waals surface area contributed by atoms with Gasteiger partial charge in [-0.3, -0.25) is 9.59 Å². The molecule has 27 heavy (non-hydrogen) atoms. The van der Waals surface area contributed by atoms with Gasteiger partial charge in [-0.1, -0.05) is 25.0 Å². The van der Waals surface area contributed by atoms with Gasteiger partial charge in [0.2, 0.25) is 0 Å². The molecule has 148 valence electrons. The van der Waals surface area contributed by atoms with Crippen molar-refractivity contribution < 1.29 is 24.2 Å². The molecular weight excluding hydrogens is 347 g/mol. The third-order valence-corrected chi connectivity index (χ3v) is 8.38. The maximum absolute atomic E-state index is 16.8. The highest BCUT2D eigenvalue weighted by atomic mass is 19.1. The lowest BCUT2D eigenvalue weighted by atomic mass is 9.44. The predicted molar refractivity (Wildman–Crippen MR) is 98.6 cm³/mol. The monoisotopic (exact) mass is 376 g/mol. The quantitative estimate of drug-likeness (QED) is 0.777. The molecule has 0 aromatic carbocycles. The lowest BCUT2D eigenvalue weighted by molar-refractivity contribution is -0.200. The number of ketones is 2. The Kier molecular flexibility index (Phi) is 4.11. The van der Waals surface area contributed by atoms with Crippen molar-refractivity contribution in [1.82, 2.24) is 0 Å². The van der Waals surface area contributed by atoms with Crippen molar-refractivity contribution >= 4 is 11.6 Å². The van der Waals surface area contributed by atoms with E-state index in [0.29, 0.717) is 37.7 Å². The van der Waals surface area contributed by atoms with Crippen LogP contribution in [-0.2, 0) is 9.59 Å². The number of carbonyl (C=O) groups is 2. The largest absolute Gasteiger partial charge is 0.390 e. The minimum Gasteiger partial charge on any atom is -0.390 e. The van der Waals surface area contributed by atoms with Gasteiger partial charge in [0.15, 0.2) is 11.6 Å². The molecule has 2 saturated carbocycles. The summed E-state index contributed by atoms with van der Waals surface area (Å²) in [6, 6.07) is 0. The summed E-state index contributed by atoms with van der Waals surface area (Å²) in [7, 11) is 0. The molecule has 0 saturated heterocycles. The van der Waals surface area contributed by atoms with E-state index in [-0.39, 0.29) is 29.8 Å². The first kappa shape index (κ1) is 19.0. The lowest BCUT2D eigenvalue weighted by Gasteiger charge is -2.62. The Morgan fingerprint density at radius 1 is 1.30 bits per heavy atom. The van der Waals surface area contributed by atoms with Crippen molar-refractivity contribution in [3.05, 3.63) is 22.8 Å². The number of allylic oxidation sites excluding steroid dienone is 3. The predicted octanol–water partition coefficient (Wildman–Crippen LogP) is 3.07. The van der Waals surface area contributed by atoms with Crippen molar-refractivity contribution in [2.75, 3.05) is 6.61 Å². The Morgan fingerprint density at radius 2 is 2.00 bits per heavy atom. The van der Waals surface area contributed by atoms with Crippen molar-refractivity contribution in [3.8, 4) is 0 Å². The number of Topliss-reactive ketones (excluding diaryl/α,β-unsaturated/α-hetero) is 1. The summed E-state index contributed by atoms with van der Waals surface area (Å²) in [6.45, 7) is 5.17. The van der Waals surface area contributed by atoms with E-state index in [2.05, 4.69) is 0 Å². The zero-order valence-corrected chi connectivity index (χ0v) is 16.3. The normalized spacial score (nSPS) is 46.5. The summed E-state index contributed by atoms with van der Waals surface area (Å²) in [4.78, 5) is 24.3. The zero-order chi connectivity index (χ0) is 19.8. The van der Waals surface area contributed by atoms with Crippen molar-refractivity contribution in [1.29, 1.82) is 0 Å². The molecule has 0 aromatic rings. The summed E-state index contributed by atoms with van der Waals surface area (Å²) in [5, 5.41) is 20.5. The number of alkyl halides is 1. The molecule has 0 aliphatic heterocycles. The molecule has 4 nitrogen and oxygen atoms in total. The average molecular weight is 376 g/mol. The molecular formula is C22H29FO4. The van der Waals surface area contributed by atoms with Crippen LogP contribution in [-0.4, -0.2) is 40.2 Å². The van der Waals surface area contributed by atoms with Gasteiger partial charge in [-0.2, -0.15) is 0 Å². The maximum atomic E-state index is 16.8. The summed E-state index contributed by atoms with van der Waals surface area (Å²) in [6.07, 6.45) is 3.22. The van der Waals surface area contributed by atoms with Crippen LogP contribution < -0.4 is 0 Å². The zero-order valence-electron chi connectivity index (χ0n) is 16.3. The SMILES string of the molecule is CC1=C(C(=O)CO)[C@@]2(C)CC(O)[C@@]3(F)[C@@H](CCC4=CC(=O)CC[C@@]43C)[C@@H]2C1. The first-order valence-corrected chi connectivity index (χ1v) is 10.0. The van der Waals surface area contributed by atoms with E-state index in [1.807, 2.05) is 20.8 Å². The Bertz CT molecular complexity index is 783. The summed E-state index contributed by atoms with van der Waals surface area (Å²) in [5.74, 6) is -0.677. The van der Waals surface area contributed by atoms with E-state index in [1.54, 1.807) is 6.08 Å². The highest BCUT2D eigenvalue weighted by Crippen LogP contribution is 2.69. The van der Waals surface area contributed by atoms with Crippen molar-refractivity contribution in [2.45, 2.75) is 71.1 Å². The maximum Gasteiger partial charge on any atom is 0.184 e. The van der Waals surface area contributed by atoms with Crippen LogP contribution in [0, 0.1) is 22.7 Å². The number of halogens is 1. The second-order valence-corrected chi connectivity index (χ2v) is 9.57. The number of hydrogen-bond donors (Lipinski definition) is 2. The highest BCUT2D eigenvalue weighted by molar-refractivity contribution is 5.99. The number of carbonyl (C=O) groups excluding carboxylic acids is 2. The fourth-order valence-electron chi connectivity index (χ4n) is 7.14. The van der Waals surface area contributed by atoms with Crippen LogP contribution in [0.2, 0.25) is 0 Å². The number of rotatable bonds is 2. The van der Waals surface area contributed by atoms with Crippen LogP contribution in [0.4, 0.5) is 4.39 Å². The van der Waals surface area contributed by atoms with Crippen LogP contribution in [0.25, 0.3) is 0 Å². The molecule has 4 aliphatic rings.